The lowest BCUT2D eigenvalue weighted by Gasteiger charge is -2.25. The van der Waals surface area contributed by atoms with Gasteiger partial charge in [-0.15, -0.1) is 0 Å². The molecule has 1 unspecified atom stereocenters. The van der Waals surface area contributed by atoms with Crippen LogP contribution in [0, 0.1) is 0 Å². The number of aliphatic hydroxyl groups is 1. The molecule has 1 amide bonds. The molecule has 5 heteroatoms. The van der Waals surface area contributed by atoms with E-state index in [-0.39, 0.29) is 19.1 Å². The van der Waals surface area contributed by atoms with Crippen molar-refractivity contribution in [1.29, 1.82) is 0 Å². The normalized spacial score (nSPS) is 29.4. The molecule has 1 aliphatic rings. The Balaban J connectivity index is 2.37. The lowest BCUT2D eigenvalue weighted by atomic mass is 10.1. The molecule has 0 aromatic heterocycles. The van der Waals surface area contributed by atoms with Crippen molar-refractivity contribution in [2.75, 3.05) is 32.8 Å². The summed E-state index contributed by atoms with van der Waals surface area (Å²) in [4.78, 5) is 10.6. The molecular formula is C8H16N2O3. The van der Waals surface area contributed by atoms with Crippen LogP contribution in [-0.4, -0.2) is 49.5 Å². The van der Waals surface area contributed by atoms with Crippen LogP contribution in [0.1, 0.15) is 6.92 Å². The molecule has 0 radical (unpaired) electrons. The molecule has 0 bridgehead atoms. The Morgan fingerprint density at radius 3 is 3.23 bits per heavy atom. The second-order valence-corrected chi connectivity index (χ2v) is 3.36. The summed E-state index contributed by atoms with van der Waals surface area (Å²) >= 11 is 0. The van der Waals surface area contributed by atoms with Crippen LogP contribution in [0.3, 0.4) is 0 Å². The Bertz CT molecular complexity index is 176. The molecule has 1 atom stereocenters. The molecule has 1 rings (SSSR count). The molecule has 0 aliphatic carbocycles. The molecule has 0 aromatic carbocycles. The SMILES string of the molecule is CC(=O)NCC1(O)CNCCOC1. The average Bonchev–Trinajstić information content (AvgIpc) is 2.28. The summed E-state index contributed by atoms with van der Waals surface area (Å²) in [5, 5.41) is 15.5. The number of amides is 1. The zero-order valence-electron chi connectivity index (χ0n) is 7.80. The van der Waals surface area contributed by atoms with Crippen LogP contribution in [0.2, 0.25) is 0 Å². The summed E-state index contributed by atoms with van der Waals surface area (Å²) in [6.45, 7) is 3.71. The van der Waals surface area contributed by atoms with E-state index in [1.54, 1.807) is 0 Å². The van der Waals surface area contributed by atoms with Gasteiger partial charge in [0, 0.05) is 26.6 Å². The topological polar surface area (TPSA) is 70.6 Å². The van der Waals surface area contributed by atoms with E-state index in [9.17, 15) is 9.90 Å². The lowest BCUT2D eigenvalue weighted by molar-refractivity contribution is -0.120. The Morgan fingerprint density at radius 2 is 2.54 bits per heavy atom. The second-order valence-electron chi connectivity index (χ2n) is 3.36. The highest BCUT2D eigenvalue weighted by atomic mass is 16.5. The summed E-state index contributed by atoms with van der Waals surface area (Å²) in [6, 6.07) is 0. The molecule has 5 nitrogen and oxygen atoms in total. The number of rotatable bonds is 2. The summed E-state index contributed by atoms with van der Waals surface area (Å²) < 4.78 is 5.18. The minimum Gasteiger partial charge on any atom is -0.384 e. The first-order chi connectivity index (χ1) is 6.12. The standard InChI is InChI=1S/C8H16N2O3/c1-7(11)10-5-8(12)4-9-2-3-13-6-8/h9,12H,2-6H2,1H3,(H,10,11). The third kappa shape index (κ3) is 3.71. The van der Waals surface area contributed by atoms with Crippen molar-refractivity contribution in [1.82, 2.24) is 10.6 Å². The van der Waals surface area contributed by atoms with Crippen LogP contribution in [0.4, 0.5) is 0 Å². The van der Waals surface area contributed by atoms with Gasteiger partial charge in [0.2, 0.25) is 5.91 Å². The van der Waals surface area contributed by atoms with E-state index in [0.29, 0.717) is 13.2 Å². The van der Waals surface area contributed by atoms with Gasteiger partial charge in [0.1, 0.15) is 5.60 Å². The van der Waals surface area contributed by atoms with Crippen LogP contribution >= 0.6 is 0 Å². The quantitative estimate of drug-likeness (QED) is 0.492. The number of carbonyl (C=O) groups is 1. The lowest BCUT2D eigenvalue weighted by Crippen LogP contribution is -2.51. The molecule has 0 aromatic rings. The maximum absolute atomic E-state index is 10.6. The van der Waals surface area contributed by atoms with Crippen molar-refractivity contribution in [3.63, 3.8) is 0 Å². The molecule has 1 aliphatic heterocycles. The van der Waals surface area contributed by atoms with Gasteiger partial charge >= 0.3 is 0 Å². The van der Waals surface area contributed by atoms with E-state index >= 15 is 0 Å². The second kappa shape index (κ2) is 4.55. The van der Waals surface area contributed by atoms with Crippen molar-refractivity contribution in [2.45, 2.75) is 12.5 Å². The highest BCUT2D eigenvalue weighted by Gasteiger charge is 2.28. The highest BCUT2D eigenvalue weighted by Crippen LogP contribution is 2.04. The molecule has 0 saturated carbocycles. The Kier molecular flexibility index (Phi) is 3.65. The number of carbonyl (C=O) groups excluding carboxylic acids is 1. The minimum atomic E-state index is -0.970. The van der Waals surface area contributed by atoms with Crippen molar-refractivity contribution in [3.05, 3.63) is 0 Å². The number of hydrogen-bond donors (Lipinski definition) is 3. The first-order valence-corrected chi connectivity index (χ1v) is 4.38. The van der Waals surface area contributed by atoms with Crippen molar-refractivity contribution >= 4 is 5.91 Å². The van der Waals surface area contributed by atoms with E-state index in [1.807, 2.05) is 0 Å². The Hall–Kier alpha value is -0.650. The summed E-state index contributed by atoms with van der Waals surface area (Å²) in [5.74, 6) is -0.141. The van der Waals surface area contributed by atoms with Gasteiger partial charge in [0.05, 0.1) is 13.2 Å². The van der Waals surface area contributed by atoms with Gasteiger partial charge < -0.3 is 20.5 Å². The fraction of sp³-hybridized carbons (Fsp3) is 0.875. The smallest absolute Gasteiger partial charge is 0.216 e. The van der Waals surface area contributed by atoms with Gasteiger partial charge in [-0.05, 0) is 0 Å². The van der Waals surface area contributed by atoms with Gasteiger partial charge in [-0.25, -0.2) is 0 Å². The van der Waals surface area contributed by atoms with E-state index < -0.39 is 5.60 Å². The van der Waals surface area contributed by atoms with Crippen LogP contribution in [0.25, 0.3) is 0 Å². The van der Waals surface area contributed by atoms with Crippen LogP contribution in [0.5, 0.6) is 0 Å². The third-order valence-electron chi connectivity index (χ3n) is 1.91. The minimum absolute atomic E-state index is 0.141. The van der Waals surface area contributed by atoms with Crippen molar-refractivity contribution < 1.29 is 14.6 Å². The first-order valence-electron chi connectivity index (χ1n) is 4.38. The number of hydrogen-bond acceptors (Lipinski definition) is 4. The summed E-state index contributed by atoms with van der Waals surface area (Å²) in [5.41, 5.74) is -0.970. The molecule has 1 saturated heterocycles. The summed E-state index contributed by atoms with van der Waals surface area (Å²) in [6.07, 6.45) is 0. The summed E-state index contributed by atoms with van der Waals surface area (Å²) in [7, 11) is 0. The van der Waals surface area contributed by atoms with E-state index in [4.69, 9.17) is 4.74 Å². The molecular weight excluding hydrogens is 172 g/mol. The van der Waals surface area contributed by atoms with Gasteiger partial charge in [0.25, 0.3) is 0 Å². The molecule has 13 heavy (non-hydrogen) atoms. The molecule has 1 heterocycles. The Morgan fingerprint density at radius 1 is 1.77 bits per heavy atom. The predicted molar refractivity (Wildman–Crippen MR) is 47.3 cm³/mol. The number of nitrogens with one attached hydrogen (secondary N) is 2. The molecule has 3 N–H and O–H groups in total. The third-order valence-corrected chi connectivity index (χ3v) is 1.91. The average molecular weight is 188 g/mol. The maximum Gasteiger partial charge on any atom is 0.216 e. The Labute approximate surface area is 77.5 Å². The van der Waals surface area contributed by atoms with Crippen molar-refractivity contribution in [2.24, 2.45) is 0 Å². The first kappa shape index (κ1) is 10.4. The van der Waals surface area contributed by atoms with E-state index in [0.717, 1.165) is 6.54 Å². The number of ether oxygens (including phenoxy) is 1. The fourth-order valence-electron chi connectivity index (χ4n) is 1.18. The zero-order valence-corrected chi connectivity index (χ0v) is 7.80. The molecule has 76 valence electrons. The highest BCUT2D eigenvalue weighted by molar-refractivity contribution is 5.72. The van der Waals surface area contributed by atoms with Crippen LogP contribution in [0.15, 0.2) is 0 Å². The van der Waals surface area contributed by atoms with E-state index in [1.165, 1.54) is 6.92 Å². The molecule has 0 spiro atoms. The monoisotopic (exact) mass is 188 g/mol. The number of β-amino-alcohol motifs (C(OH)–C–C–N with tert-alkyl or cyclic N) is 1. The predicted octanol–water partition coefficient (Wildman–Crippen LogP) is -1.53. The van der Waals surface area contributed by atoms with Gasteiger partial charge in [-0.1, -0.05) is 0 Å². The largest absolute Gasteiger partial charge is 0.384 e. The van der Waals surface area contributed by atoms with Crippen LogP contribution in [-0.2, 0) is 9.53 Å². The van der Waals surface area contributed by atoms with E-state index in [2.05, 4.69) is 10.6 Å². The van der Waals surface area contributed by atoms with Gasteiger partial charge in [0.15, 0.2) is 0 Å². The van der Waals surface area contributed by atoms with Gasteiger partial charge in [-0.2, -0.15) is 0 Å². The van der Waals surface area contributed by atoms with Gasteiger partial charge in [-0.3, -0.25) is 4.79 Å². The fourth-order valence-corrected chi connectivity index (χ4v) is 1.18. The van der Waals surface area contributed by atoms with Crippen molar-refractivity contribution in [3.8, 4) is 0 Å². The van der Waals surface area contributed by atoms with Crippen LogP contribution < -0.4 is 10.6 Å². The zero-order chi connectivity index (χ0) is 9.73. The maximum atomic E-state index is 10.6. The molecule has 1 fully saturated rings.